The topological polar surface area (TPSA) is 78.7 Å². The number of amides is 1. The highest BCUT2D eigenvalue weighted by atomic mass is 79.9. The molecule has 1 amide bonds. The summed E-state index contributed by atoms with van der Waals surface area (Å²) in [6.45, 7) is 6.26. The number of hydroxylamine groups is 1. The Labute approximate surface area is 144 Å². The molecule has 2 aromatic heterocycles. The average Bonchev–Trinajstić information content (AvgIpc) is 2.88. The third kappa shape index (κ3) is 3.84. The van der Waals surface area contributed by atoms with Gasteiger partial charge in [-0.05, 0) is 53.7 Å². The molecule has 0 atom stereocenters. The van der Waals surface area contributed by atoms with Crippen LogP contribution in [0.4, 0.5) is 5.82 Å². The van der Waals surface area contributed by atoms with Gasteiger partial charge in [0.25, 0.3) is 5.91 Å². The molecule has 0 fully saturated rings. The van der Waals surface area contributed by atoms with E-state index in [0.717, 1.165) is 58.4 Å². The summed E-state index contributed by atoms with van der Waals surface area (Å²) in [4.78, 5) is 16.1. The molecule has 0 unspecified atom stereocenters. The normalized spacial score (nSPS) is 11.0. The first-order valence-corrected chi connectivity index (χ1v) is 8.62. The summed E-state index contributed by atoms with van der Waals surface area (Å²) in [6, 6.07) is 0. The van der Waals surface area contributed by atoms with Gasteiger partial charge < -0.3 is 5.32 Å². The maximum atomic E-state index is 11.3. The predicted molar refractivity (Wildman–Crippen MR) is 94.0 cm³/mol. The van der Waals surface area contributed by atoms with Crippen molar-refractivity contribution in [1.82, 2.24) is 14.9 Å². The SMILES string of the molecule is CCCCCc1nc2c(C)c(C)c(Br)cn2c1NCC(=O)NO. The second kappa shape index (κ2) is 7.79. The molecule has 2 aromatic rings. The summed E-state index contributed by atoms with van der Waals surface area (Å²) in [5, 5.41) is 11.8. The fraction of sp³-hybridized carbons (Fsp3) is 0.500. The summed E-state index contributed by atoms with van der Waals surface area (Å²) in [7, 11) is 0. The molecule has 0 saturated heterocycles. The number of nitrogens with one attached hydrogen (secondary N) is 2. The number of anilines is 1. The summed E-state index contributed by atoms with van der Waals surface area (Å²) < 4.78 is 2.97. The van der Waals surface area contributed by atoms with Crippen LogP contribution in [-0.4, -0.2) is 27.0 Å². The number of carbonyl (C=O) groups is 1. The molecular weight excluding hydrogens is 360 g/mol. The Kier molecular flexibility index (Phi) is 6.01. The lowest BCUT2D eigenvalue weighted by Crippen LogP contribution is -2.27. The van der Waals surface area contributed by atoms with Gasteiger partial charge in [0.05, 0.1) is 12.2 Å². The molecule has 0 spiro atoms. The van der Waals surface area contributed by atoms with Crippen molar-refractivity contribution < 1.29 is 10.0 Å². The van der Waals surface area contributed by atoms with Crippen LogP contribution in [0.15, 0.2) is 10.7 Å². The molecule has 0 aliphatic heterocycles. The fourth-order valence-corrected chi connectivity index (χ4v) is 3.04. The number of aryl methyl sites for hydroxylation is 2. The van der Waals surface area contributed by atoms with Crippen LogP contribution in [0.1, 0.15) is 43.0 Å². The van der Waals surface area contributed by atoms with Gasteiger partial charge in [0.1, 0.15) is 11.5 Å². The van der Waals surface area contributed by atoms with E-state index < -0.39 is 5.91 Å². The van der Waals surface area contributed by atoms with Crippen molar-refractivity contribution in [1.29, 1.82) is 0 Å². The number of imidazole rings is 1. The van der Waals surface area contributed by atoms with Gasteiger partial charge in [0.15, 0.2) is 0 Å². The molecule has 0 radical (unpaired) electrons. The van der Waals surface area contributed by atoms with E-state index in [1.54, 1.807) is 5.48 Å². The largest absolute Gasteiger partial charge is 0.360 e. The van der Waals surface area contributed by atoms with Gasteiger partial charge in [-0.2, -0.15) is 0 Å². The van der Waals surface area contributed by atoms with Crippen LogP contribution >= 0.6 is 15.9 Å². The molecule has 0 aliphatic rings. The molecule has 7 heteroatoms. The molecule has 0 saturated carbocycles. The van der Waals surface area contributed by atoms with Gasteiger partial charge in [0, 0.05) is 10.7 Å². The van der Waals surface area contributed by atoms with Crippen molar-refractivity contribution in [3.8, 4) is 0 Å². The highest BCUT2D eigenvalue weighted by Gasteiger charge is 2.16. The molecule has 0 aromatic carbocycles. The molecule has 3 N–H and O–H groups in total. The maximum absolute atomic E-state index is 11.3. The lowest BCUT2D eigenvalue weighted by Gasteiger charge is -2.10. The Morgan fingerprint density at radius 3 is 2.74 bits per heavy atom. The van der Waals surface area contributed by atoms with Crippen LogP contribution in [0.5, 0.6) is 0 Å². The molecule has 0 aliphatic carbocycles. The minimum absolute atomic E-state index is 0.00435. The van der Waals surface area contributed by atoms with Crippen LogP contribution in [0.25, 0.3) is 5.65 Å². The van der Waals surface area contributed by atoms with Crippen molar-refractivity contribution in [3.05, 3.63) is 27.5 Å². The number of pyridine rings is 1. The lowest BCUT2D eigenvalue weighted by molar-refractivity contribution is -0.127. The van der Waals surface area contributed by atoms with E-state index in [0.29, 0.717) is 0 Å². The van der Waals surface area contributed by atoms with Gasteiger partial charge in [-0.15, -0.1) is 0 Å². The average molecular weight is 383 g/mol. The van der Waals surface area contributed by atoms with E-state index in [-0.39, 0.29) is 6.54 Å². The first-order valence-electron chi connectivity index (χ1n) is 7.83. The number of hydrogen-bond donors (Lipinski definition) is 3. The first-order chi connectivity index (χ1) is 11.0. The molecule has 23 heavy (non-hydrogen) atoms. The van der Waals surface area contributed by atoms with E-state index in [4.69, 9.17) is 10.2 Å². The smallest absolute Gasteiger partial charge is 0.262 e. The zero-order chi connectivity index (χ0) is 17.0. The van der Waals surface area contributed by atoms with Crippen LogP contribution in [0.3, 0.4) is 0 Å². The van der Waals surface area contributed by atoms with Gasteiger partial charge in [-0.25, -0.2) is 10.5 Å². The van der Waals surface area contributed by atoms with Gasteiger partial charge in [-0.1, -0.05) is 19.8 Å². The highest BCUT2D eigenvalue weighted by molar-refractivity contribution is 9.10. The zero-order valence-corrected chi connectivity index (χ0v) is 15.3. The number of halogens is 1. The summed E-state index contributed by atoms with van der Waals surface area (Å²) in [6.07, 6.45) is 6.17. The monoisotopic (exact) mass is 382 g/mol. The summed E-state index contributed by atoms with van der Waals surface area (Å²) >= 11 is 3.57. The second-order valence-corrected chi connectivity index (χ2v) is 6.53. The predicted octanol–water partition coefficient (Wildman–Crippen LogP) is 3.36. The van der Waals surface area contributed by atoms with Crippen molar-refractivity contribution in [3.63, 3.8) is 0 Å². The molecule has 0 bridgehead atoms. The molecule has 126 valence electrons. The first kappa shape index (κ1) is 17.7. The van der Waals surface area contributed by atoms with E-state index >= 15 is 0 Å². The van der Waals surface area contributed by atoms with Crippen LogP contribution in [-0.2, 0) is 11.2 Å². The summed E-state index contributed by atoms with van der Waals surface area (Å²) in [5.41, 5.74) is 5.74. The Balaban J connectivity index is 2.44. The Morgan fingerprint density at radius 1 is 1.35 bits per heavy atom. The van der Waals surface area contributed by atoms with Crippen LogP contribution in [0.2, 0.25) is 0 Å². The number of aromatic nitrogens is 2. The number of unbranched alkanes of at least 4 members (excludes halogenated alkanes) is 2. The number of rotatable bonds is 7. The Hall–Kier alpha value is -1.60. The standard InChI is InChI=1S/C16H23BrN4O2/c1-4-5-6-7-13-16(18-8-14(22)20-23)21-9-12(17)10(2)11(3)15(21)19-13/h9,18,23H,4-8H2,1-3H3,(H,20,22). The van der Waals surface area contributed by atoms with Crippen LogP contribution in [0, 0.1) is 13.8 Å². The van der Waals surface area contributed by atoms with Gasteiger partial charge in [0.2, 0.25) is 0 Å². The van der Waals surface area contributed by atoms with Crippen molar-refractivity contribution in [2.24, 2.45) is 0 Å². The van der Waals surface area contributed by atoms with Crippen molar-refractivity contribution in [2.45, 2.75) is 46.5 Å². The van der Waals surface area contributed by atoms with Gasteiger partial charge in [-0.3, -0.25) is 14.4 Å². The van der Waals surface area contributed by atoms with E-state index in [9.17, 15) is 4.79 Å². The number of nitrogens with zero attached hydrogens (tertiary/aromatic N) is 2. The quantitative estimate of drug-likeness (QED) is 0.389. The fourth-order valence-electron chi connectivity index (χ4n) is 2.53. The third-order valence-corrected chi connectivity index (χ3v) is 4.84. The zero-order valence-electron chi connectivity index (χ0n) is 13.7. The second-order valence-electron chi connectivity index (χ2n) is 5.67. The molecule has 2 rings (SSSR count). The number of carbonyl (C=O) groups excluding carboxylic acids is 1. The minimum Gasteiger partial charge on any atom is -0.360 e. The number of fused-ring (bicyclic) bond motifs is 1. The van der Waals surface area contributed by atoms with E-state index in [1.807, 2.05) is 17.5 Å². The molecule has 2 heterocycles. The maximum Gasteiger partial charge on any atom is 0.262 e. The van der Waals surface area contributed by atoms with E-state index in [2.05, 4.69) is 35.1 Å². The summed E-state index contributed by atoms with van der Waals surface area (Å²) in [5.74, 6) is 0.325. The van der Waals surface area contributed by atoms with E-state index in [1.165, 1.54) is 0 Å². The number of hydrogen-bond acceptors (Lipinski definition) is 4. The van der Waals surface area contributed by atoms with Crippen molar-refractivity contribution in [2.75, 3.05) is 11.9 Å². The van der Waals surface area contributed by atoms with Crippen molar-refractivity contribution >= 4 is 33.3 Å². The lowest BCUT2D eigenvalue weighted by atomic mass is 10.1. The molecular formula is C16H23BrN4O2. The molecule has 6 nitrogen and oxygen atoms in total. The van der Waals surface area contributed by atoms with Crippen LogP contribution < -0.4 is 10.8 Å². The van der Waals surface area contributed by atoms with Gasteiger partial charge >= 0.3 is 0 Å². The minimum atomic E-state index is -0.484. The Morgan fingerprint density at radius 2 is 2.09 bits per heavy atom. The highest BCUT2D eigenvalue weighted by Crippen LogP contribution is 2.28. The Bertz CT molecular complexity index is 712. The third-order valence-electron chi connectivity index (χ3n) is 4.04.